The summed E-state index contributed by atoms with van der Waals surface area (Å²) >= 11 is 0. The lowest BCUT2D eigenvalue weighted by Gasteiger charge is -2.09. The van der Waals surface area contributed by atoms with E-state index in [1.807, 2.05) is 0 Å². The predicted molar refractivity (Wildman–Crippen MR) is 304 cm³/mol. The average Bonchev–Trinajstić information content (AvgIpc) is 3.47. The molecule has 0 radical (unpaired) electrons. The topological polar surface area (TPSA) is 214 Å². The fourth-order valence-electron chi connectivity index (χ4n) is 7.04. The number of aliphatic hydroxyl groups is 1. The van der Waals surface area contributed by atoms with Gasteiger partial charge in [0.05, 0.1) is 264 Å². The van der Waals surface area contributed by atoms with Crippen LogP contribution in [0, 0.1) is 0 Å². The van der Waals surface area contributed by atoms with Gasteiger partial charge < -0.3 is 95.1 Å². The molecule has 0 bridgehead atoms. The van der Waals surface area contributed by atoms with Gasteiger partial charge in [0.25, 0.3) is 0 Å². The molecule has 22 nitrogen and oxygen atoms in total. The molecule has 0 spiro atoms. The highest BCUT2D eigenvalue weighted by Crippen LogP contribution is 2.14. The van der Waals surface area contributed by atoms with E-state index in [1.165, 1.54) is 96.3 Å². The number of aliphatic hydroxyl groups excluding tert-OH is 1. The summed E-state index contributed by atoms with van der Waals surface area (Å²) in [4.78, 5) is 10.5. The van der Waals surface area contributed by atoms with Crippen LogP contribution >= 0.6 is 0 Å². The van der Waals surface area contributed by atoms with Crippen molar-refractivity contribution in [1.82, 2.24) is 0 Å². The van der Waals surface area contributed by atoms with E-state index in [4.69, 9.17) is 105 Å². The van der Waals surface area contributed by atoms with E-state index in [1.54, 1.807) is 0 Å². The van der Waals surface area contributed by atoms with Crippen LogP contribution in [0.4, 0.5) is 0 Å². The van der Waals surface area contributed by atoms with Crippen molar-refractivity contribution in [1.29, 1.82) is 0 Å². The highest BCUT2D eigenvalue weighted by atomic mass is 17.2. The Balaban J connectivity index is 3.08. The Kier molecular flexibility index (Phi) is 77.3. The van der Waals surface area contributed by atoms with Crippen LogP contribution in [0.3, 0.4) is 0 Å². The molecule has 0 aromatic heterocycles. The smallest absolute Gasteiger partial charge is 0.106 e. The number of ether oxygens (including phenoxy) is 19. The van der Waals surface area contributed by atoms with E-state index in [-0.39, 0.29) is 6.61 Å². The molecule has 0 rings (SSSR count). The average molecular weight is 1170 g/mol. The highest BCUT2D eigenvalue weighted by molar-refractivity contribution is 4.50. The van der Waals surface area contributed by atoms with Gasteiger partial charge in [-0.15, -0.1) is 0 Å². The van der Waals surface area contributed by atoms with E-state index in [9.17, 15) is 0 Å². The Bertz CT molecular complexity index is 970. The summed E-state index contributed by atoms with van der Waals surface area (Å²) in [6, 6.07) is 0. The SMILES string of the molecule is CCCCCCCCCCCCCCCCCCOOCCOCCOCCOCCOCCOCCOCCOCCOCCOCCOCCOCCOCCOCCOCCOCCOCCOCCOCCOCCO. The van der Waals surface area contributed by atoms with Crippen molar-refractivity contribution in [3.8, 4) is 0 Å². The van der Waals surface area contributed by atoms with Crippen LogP contribution in [-0.2, 0) is 99.8 Å². The maximum Gasteiger partial charge on any atom is 0.106 e. The predicted octanol–water partition coefficient (Wildman–Crippen LogP) is 6.50. The van der Waals surface area contributed by atoms with Gasteiger partial charge in [-0.05, 0) is 6.42 Å². The second kappa shape index (κ2) is 78.1. The number of hydrogen-bond acceptors (Lipinski definition) is 22. The van der Waals surface area contributed by atoms with Crippen LogP contribution in [0.1, 0.15) is 110 Å². The van der Waals surface area contributed by atoms with Crippen molar-refractivity contribution in [2.45, 2.75) is 110 Å². The molecule has 0 heterocycles. The van der Waals surface area contributed by atoms with Gasteiger partial charge >= 0.3 is 0 Å². The Morgan fingerprint density at radius 2 is 0.287 bits per heavy atom. The number of hydrogen-bond donors (Lipinski definition) is 1. The summed E-state index contributed by atoms with van der Waals surface area (Å²) in [5, 5.41) is 8.61. The van der Waals surface area contributed by atoms with E-state index in [0.29, 0.717) is 264 Å². The van der Waals surface area contributed by atoms with E-state index in [2.05, 4.69) is 6.92 Å². The van der Waals surface area contributed by atoms with E-state index < -0.39 is 0 Å². The lowest BCUT2D eigenvalue weighted by atomic mass is 10.0. The minimum Gasteiger partial charge on any atom is -0.394 e. The molecule has 0 saturated carbocycles. The molecule has 0 aliphatic rings. The maximum atomic E-state index is 8.61. The molecule has 22 heteroatoms. The van der Waals surface area contributed by atoms with Crippen molar-refractivity contribution >= 4 is 0 Å². The Hall–Kier alpha value is -0.880. The van der Waals surface area contributed by atoms with E-state index in [0.717, 1.165) is 6.42 Å². The van der Waals surface area contributed by atoms with Gasteiger partial charge in [-0.1, -0.05) is 103 Å². The van der Waals surface area contributed by atoms with Gasteiger partial charge in [0.1, 0.15) is 6.61 Å². The Morgan fingerprint density at radius 1 is 0.150 bits per heavy atom. The third-order valence-electron chi connectivity index (χ3n) is 11.4. The fraction of sp³-hybridized carbons (Fsp3) is 1.00. The molecule has 0 saturated heterocycles. The molecule has 0 atom stereocenters. The van der Waals surface area contributed by atoms with Crippen LogP contribution in [0.5, 0.6) is 0 Å². The lowest BCUT2D eigenvalue weighted by Crippen LogP contribution is -2.16. The zero-order chi connectivity index (χ0) is 57.2. The third kappa shape index (κ3) is 77.1. The Morgan fingerprint density at radius 3 is 0.463 bits per heavy atom. The van der Waals surface area contributed by atoms with Crippen molar-refractivity contribution in [3.05, 3.63) is 0 Å². The van der Waals surface area contributed by atoms with Crippen molar-refractivity contribution in [2.24, 2.45) is 0 Å². The minimum atomic E-state index is 0.0197. The van der Waals surface area contributed by atoms with Crippen molar-refractivity contribution in [2.75, 3.05) is 271 Å². The minimum absolute atomic E-state index is 0.0197. The molecule has 0 aromatic rings. The number of rotatable bonds is 77. The standard InChI is InChI=1S/C58H118O22/c1-2-3-4-5-6-7-8-9-10-11-12-13-14-15-16-17-19-79-80-58-57-78-56-55-77-54-53-76-52-51-75-50-49-74-48-47-73-46-45-72-44-43-71-42-41-70-40-39-69-38-37-68-36-35-67-34-33-66-32-31-65-30-29-64-28-27-63-26-25-62-24-23-61-22-21-60-20-18-59/h59H,2-58H2,1H3. The van der Waals surface area contributed by atoms with Crippen LogP contribution in [0.2, 0.25) is 0 Å². The molecule has 482 valence electrons. The molecule has 0 aliphatic carbocycles. The first-order valence-corrected chi connectivity index (χ1v) is 30.7. The summed E-state index contributed by atoms with van der Waals surface area (Å²) in [6.45, 7) is 22.0. The molecule has 0 fully saturated rings. The fourth-order valence-corrected chi connectivity index (χ4v) is 7.04. The zero-order valence-corrected chi connectivity index (χ0v) is 50.3. The second-order valence-electron chi connectivity index (χ2n) is 18.3. The van der Waals surface area contributed by atoms with Crippen molar-refractivity contribution < 1.29 is 105 Å². The van der Waals surface area contributed by atoms with Gasteiger partial charge in [-0.3, -0.25) is 0 Å². The lowest BCUT2D eigenvalue weighted by molar-refractivity contribution is -0.299. The zero-order valence-electron chi connectivity index (χ0n) is 50.3. The third-order valence-corrected chi connectivity index (χ3v) is 11.4. The molecule has 0 unspecified atom stereocenters. The van der Waals surface area contributed by atoms with Gasteiger partial charge in [-0.2, -0.15) is 0 Å². The second-order valence-corrected chi connectivity index (χ2v) is 18.3. The first-order valence-electron chi connectivity index (χ1n) is 30.7. The summed E-state index contributed by atoms with van der Waals surface area (Å²) in [5.41, 5.74) is 0. The molecular formula is C58H118O22. The molecule has 0 aliphatic heterocycles. The first kappa shape index (κ1) is 79.1. The Labute approximate surface area is 484 Å². The molecule has 1 N–H and O–H groups in total. The largest absolute Gasteiger partial charge is 0.394 e. The van der Waals surface area contributed by atoms with Crippen LogP contribution < -0.4 is 0 Å². The highest BCUT2D eigenvalue weighted by Gasteiger charge is 2.01. The normalized spacial score (nSPS) is 11.8. The quantitative estimate of drug-likeness (QED) is 0.0391. The molecular weight excluding hydrogens is 1050 g/mol. The summed E-state index contributed by atoms with van der Waals surface area (Å²) < 4.78 is 104. The molecule has 0 aromatic carbocycles. The first-order chi connectivity index (χ1) is 39.9. The van der Waals surface area contributed by atoms with E-state index >= 15 is 0 Å². The van der Waals surface area contributed by atoms with Gasteiger partial charge in [0.2, 0.25) is 0 Å². The van der Waals surface area contributed by atoms with Crippen molar-refractivity contribution in [3.63, 3.8) is 0 Å². The van der Waals surface area contributed by atoms with Crippen LogP contribution in [-0.4, -0.2) is 276 Å². The van der Waals surface area contributed by atoms with Gasteiger partial charge in [0, 0.05) is 0 Å². The summed E-state index contributed by atoms with van der Waals surface area (Å²) in [6.07, 6.45) is 21.8. The maximum absolute atomic E-state index is 8.61. The molecule has 0 amide bonds. The summed E-state index contributed by atoms with van der Waals surface area (Å²) in [5.74, 6) is 0. The molecule has 80 heavy (non-hydrogen) atoms. The van der Waals surface area contributed by atoms with Gasteiger partial charge in [-0.25, -0.2) is 9.78 Å². The number of unbranched alkanes of at least 4 members (excludes halogenated alkanes) is 15. The van der Waals surface area contributed by atoms with Gasteiger partial charge in [0.15, 0.2) is 0 Å². The monoisotopic (exact) mass is 1170 g/mol. The van der Waals surface area contributed by atoms with Crippen LogP contribution in [0.15, 0.2) is 0 Å². The summed E-state index contributed by atoms with van der Waals surface area (Å²) in [7, 11) is 0. The van der Waals surface area contributed by atoms with Crippen LogP contribution in [0.25, 0.3) is 0 Å².